The van der Waals surface area contributed by atoms with Crippen LogP contribution in [0.15, 0.2) is 0 Å². The monoisotopic (exact) mass is 101 g/mol. The number of hydrogen-bond acceptors (Lipinski definition) is 1. The molecule has 2 heteroatoms. The van der Waals surface area contributed by atoms with Gasteiger partial charge in [-0.2, -0.15) is 0 Å². The van der Waals surface area contributed by atoms with E-state index in [1.165, 1.54) is 5.01 Å². The van der Waals surface area contributed by atoms with E-state index >= 15 is 0 Å². The Balaban J connectivity index is 3.54. The lowest BCUT2D eigenvalue weighted by molar-refractivity contribution is 0.250. The van der Waals surface area contributed by atoms with E-state index < -0.39 is 0 Å². The van der Waals surface area contributed by atoms with Crippen molar-refractivity contribution >= 4 is 0 Å². The summed E-state index contributed by atoms with van der Waals surface area (Å²) in [5.74, 6) is 7.06. The lowest BCUT2D eigenvalue weighted by Crippen LogP contribution is -2.31. The normalized spacial score (nSPS) is 12.9. The van der Waals surface area contributed by atoms with E-state index in [4.69, 9.17) is 5.84 Å². The van der Waals surface area contributed by atoms with Crippen LogP contribution in [0.4, 0.5) is 0 Å². The van der Waals surface area contributed by atoms with Gasteiger partial charge in [-0.15, -0.1) is 0 Å². The summed E-state index contributed by atoms with van der Waals surface area (Å²) in [6.45, 7) is 6.00. The van der Waals surface area contributed by atoms with Gasteiger partial charge in [-0.05, 0) is 33.4 Å². The summed E-state index contributed by atoms with van der Waals surface area (Å²) >= 11 is 0. The fourth-order valence-corrected chi connectivity index (χ4v) is 0. The first-order valence-corrected chi connectivity index (χ1v) is 2.39. The summed E-state index contributed by atoms with van der Waals surface area (Å²) in [4.78, 5) is 0. The average molecular weight is 101 g/mol. The van der Waals surface area contributed by atoms with E-state index in [0.29, 0.717) is 0 Å². The van der Waals surface area contributed by atoms with Crippen LogP contribution in [0.25, 0.3) is 5.84 Å². The highest BCUT2D eigenvalue weighted by Crippen LogP contribution is 2.07. The fraction of sp³-hybridized carbons (Fsp3) is 1.00. The number of hydrogen-bond donors (Lipinski definition) is 0. The van der Waals surface area contributed by atoms with E-state index in [9.17, 15) is 0 Å². The van der Waals surface area contributed by atoms with Crippen molar-refractivity contribution in [3.63, 3.8) is 0 Å². The minimum absolute atomic E-state index is 0. The van der Waals surface area contributed by atoms with Crippen LogP contribution in [-0.4, -0.2) is 17.6 Å². The molecule has 0 atom stereocenters. The molecule has 7 heavy (non-hydrogen) atoms. The molecule has 0 aromatic rings. The molecule has 0 amide bonds. The van der Waals surface area contributed by atoms with Crippen molar-refractivity contribution < 1.29 is 0 Å². The molecule has 1 N–H and O–H groups in total. The van der Waals surface area contributed by atoms with Crippen molar-refractivity contribution in [2.45, 2.75) is 26.3 Å². The number of rotatable bonds is 0. The third-order valence-corrected chi connectivity index (χ3v) is 1.01. The second kappa shape index (κ2) is 1.80. The number of nitrogens with zero attached hydrogens (tertiary/aromatic N) is 1. The van der Waals surface area contributed by atoms with Gasteiger partial charge in [-0.1, -0.05) is 0 Å². The Kier molecular flexibility index (Phi) is 1.78. The Morgan fingerprint density at radius 3 is 1.43 bits per heavy atom. The molecule has 0 aromatic heterocycles. The van der Waals surface area contributed by atoms with Crippen LogP contribution < -0.4 is 0 Å². The highest BCUT2D eigenvalue weighted by Gasteiger charge is 2.05. The molecule has 0 bridgehead atoms. The standard InChI is InChI=1S/C5H13N2/c1-5(2,3)7(4)6/h6H,1-4H3/q-1. The zero-order chi connectivity index (χ0) is 6.08. The van der Waals surface area contributed by atoms with E-state index in [2.05, 4.69) is 0 Å². The van der Waals surface area contributed by atoms with Gasteiger partial charge in [-0.25, -0.2) is 0 Å². The van der Waals surface area contributed by atoms with Crippen molar-refractivity contribution in [1.82, 2.24) is 5.01 Å². The molecule has 0 saturated carbocycles. The molecule has 0 spiro atoms. The van der Waals surface area contributed by atoms with E-state index in [-0.39, 0.29) is 5.54 Å². The molecule has 0 heterocycles. The summed E-state index contributed by atoms with van der Waals surface area (Å²) in [6, 6.07) is 0. The summed E-state index contributed by atoms with van der Waals surface area (Å²) in [7, 11) is 1.75. The second-order valence-electron chi connectivity index (χ2n) is 2.73. The molecule has 0 aliphatic carbocycles. The number of nitrogens with one attached hydrogen (secondary N) is 1. The first-order chi connectivity index (χ1) is 2.94. The van der Waals surface area contributed by atoms with Gasteiger partial charge in [0.05, 0.1) is 0 Å². The van der Waals surface area contributed by atoms with Crippen LogP contribution in [-0.2, 0) is 0 Å². The lowest BCUT2D eigenvalue weighted by atomic mass is 10.1. The summed E-state index contributed by atoms with van der Waals surface area (Å²) < 4.78 is 0. The van der Waals surface area contributed by atoms with Crippen molar-refractivity contribution in [3.05, 3.63) is 5.84 Å². The van der Waals surface area contributed by atoms with Gasteiger partial charge in [0.25, 0.3) is 0 Å². The third kappa shape index (κ3) is 2.60. The highest BCUT2D eigenvalue weighted by atomic mass is 15.4. The van der Waals surface area contributed by atoms with E-state index in [1.54, 1.807) is 7.05 Å². The Morgan fingerprint density at radius 2 is 1.43 bits per heavy atom. The molecule has 0 aromatic carbocycles. The minimum atomic E-state index is 0. The van der Waals surface area contributed by atoms with Crippen molar-refractivity contribution in [3.8, 4) is 0 Å². The maximum absolute atomic E-state index is 7.06. The SMILES string of the molecule is CN([NH-])C(C)(C)C. The van der Waals surface area contributed by atoms with Crippen LogP contribution in [0.5, 0.6) is 0 Å². The average Bonchev–Trinajstić information content (AvgIpc) is 1.31. The first-order valence-electron chi connectivity index (χ1n) is 2.39. The molecule has 0 unspecified atom stereocenters. The van der Waals surface area contributed by atoms with Crippen molar-refractivity contribution in [1.29, 1.82) is 0 Å². The van der Waals surface area contributed by atoms with Gasteiger partial charge in [0.15, 0.2) is 0 Å². The Morgan fingerprint density at radius 1 is 1.29 bits per heavy atom. The molecular weight excluding hydrogens is 88.1 g/mol. The first kappa shape index (κ1) is 6.92. The summed E-state index contributed by atoms with van der Waals surface area (Å²) in [5, 5.41) is 1.44. The van der Waals surface area contributed by atoms with Crippen LogP contribution in [0, 0.1) is 0 Å². The molecule has 0 aliphatic rings. The van der Waals surface area contributed by atoms with E-state index in [0.717, 1.165) is 0 Å². The Bertz CT molecular complexity index is 51.6. The summed E-state index contributed by atoms with van der Waals surface area (Å²) in [5.41, 5.74) is 0. The van der Waals surface area contributed by atoms with Crippen LogP contribution in [0.3, 0.4) is 0 Å². The van der Waals surface area contributed by atoms with Gasteiger partial charge in [0.2, 0.25) is 0 Å². The molecular formula is C5H13N2-. The largest absolute Gasteiger partial charge is 0.609 e. The quantitative estimate of drug-likeness (QED) is 0.426. The third-order valence-electron chi connectivity index (χ3n) is 1.01. The predicted molar refractivity (Wildman–Crippen MR) is 31.8 cm³/mol. The Hall–Kier alpha value is -0.0800. The van der Waals surface area contributed by atoms with Crippen LogP contribution >= 0.6 is 0 Å². The van der Waals surface area contributed by atoms with Gasteiger partial charge >= 0.3 is 0 Å². The van der Waals surface area contributed by atoms with Crippen LogP contribution in [0.1, 0.15) is 20.8 Å². The zero-order valence-electron chi connectivity index (χ0n) is 5.45. The van der Waals surface area contributed by atoms with Gasteiger partial charge < -0.3 is 10.9 Å². The molecule has 0 saturated heterocycles. The molecule has 44 valence electrons. The maximum Gasteiger partial charge on any atom is -0.00510 e. The molecule has 0 aliphatic heterocycles. The fourth-order valence-electron chi connectivity index (χ4n) is 0. The van der Waals surface area contributed by atoms with Gasteiger partial charge in [0.1, 0.15) is 0 Å². The Labute approximate surface area is 45.3 Å². The van der Waals surface area contributed by atoms with Gasteiger partial charge in [0, 0.05) is 0 Å². The molecule has 0 fully saturated rings. The van der Waals surface area contributed by atoms with Gasteiger partial charge in [-0.3, -0.25) is 0 Å². The van der Waals surface area contributed by atoms with Crippen LogP contribution in [0.2, 0.25) is 0 Å². The van der Waals surface area contributed by atoms with Crippen molar-refractivity contribution in [2.24, 2.45) is 0 Å². The second-order valence-corrected chi connectivity index (χ2v) is 2.73. The molecule has 2 nitrogen and oxygen atoms in total. The minimum Gasteiger partial charge on any atom is -0.609 e. The smallest absolute Gasteiger partial charge is 0.00510 e. The highest BCUT2D eigenvalue weighted by molar-refractivity contribution is 4.71. The topological polar surface area (TPSA) is 27.0 Å². The van der Waals surface area contributed by atoms with E-state index in [1.807, 2.05) is 20.8 Å². The predicted octanol–water partition coefficient (Wildman–Crippen LogP) is 1.68. The van der Waals surface area contributed by atoms with Crippen molar-refractivity contribution in [2.75, 3.05) is 7.05 Å². The summed E-state index contributed by atoms with van der Waals surface area (Å²) in [6.07, 6.45) is 0. The maximum atomic E-state index is 7.06. The zero-order valence-corrected chi connectivity index (χ0v) is 5.45. The lowest BCUT2D eigenvalue weighted by Gasteiger charge is -2.36. The molecule has 0 rings (SSSR count). The molecule has 0 radical (unpaired) electrons.